The molecular formula is C23H25F3N4S. The van der Waals surface area contributed by atoms with Crippen LogP contribution in [0.3, 0.4) is 0 Å². The van der Waals surface area contributed by atoms with Crippen molar-refractivity contribution < 1.29 is 13.2 Å². The molecule has 0 radical (unpaired) electrons. The van der Waals surface area contributed by atoms with E-state index in [-0.39, 0.29) is 5.41 Å². The molecule has 0 amide bonds. The topological polar surface area (TPSA) is 32.3 Å². The van der Waals surface area contributed by atoms with Gasteiger partial charge in [0.15, 0.2) is 0 Å². The zero-order valence-corrected chi connectivity index (χ0v) is 18.1. The maximum atomic E-state index is 12.8. The number of piperidine rings is 1. The summed E-state index contributed by atoms with van der Waals surface area (Å²) in [6, 6.07) is 12.2. The molecule has 2 fully saturated rings. The Morgan fingerprint density at radius 2 is 1.74 bits per heavy atom. The van der Waals surface area contributed by atoms with Gasteiger partial charge in [-0.05, 0) is 49.4 Å². The molecule has 2 saturated heterocycles. The van der Waals surface area contributed by atoms with Crippen molar-refractivity contribution in [2.75, 3.05) is 31.1 Å². The highest BCUT2D eigenvalue weighted by Crippen LogP contribution is 2.43. The Kier molecular flexibility index (Phi) is 5.38. The monoisotopic (exact) mass is 446 g/mol. The Hall–Kier alpha value is -2.19. The number of fused-ring (bicyclic) bond motifs is 1. The van der Waals surface area contributed by atoms with Crippen molar-refractivity contribution >= 4 is 27.4 Å². The second-order valence-corrected chi connectivity index (χ2v) is 9.97. The number of aromatic nitrogens is 2. The fourth-order valence-electron chi connectivity index (χ4n) is 4.98. The molecule has 164 valence electrons. The molecule has 0 bridgehead atoms. The standard InChI is InChI=1S/C23H25F3N4S/c24-23(25,26)13-18-12-19-20(27-16-28-21(19)31-18)30-11-8-22(15-30)6-9-29(10-7-22)14-17-4-2-1-3-5-17/h1-5,12,16H,6-11,13-15H2. The lowest BCUT2D eigenvalue weighted by Crippen LogP contribution is -2.41. The molecule has 0 aliphatic carbocycles. The third-order valence-electron chi connectivity index (χ3n) is 6.64. The Morgan fingerprint density at radius 3 is 2.48 bits per heavy atom. The lowest BCUT2D eigenvalue weighted by molar-refractivity contribution is -0.126. The first kappa shape index (κ1) is 20.7. The van der Waals surface area contributed by atoms with Crippen LogP contribution in [0.15, 0.2) is 42.7 Å². The van der Waals surface area contributed by atoms with Gasteiger partial charge in [0.05, 0.1) is 11.8 Å². The summed E-state index contributed by atoms with van der Waals surface area (Å²) >= 11 is 1.12. The maximum Gasteiger partial charge on any atom is 0.393 e. The molecular weight excluding hydrogens is 421 g/mol. The van der Waals surface area contributed by atoms with Crippen LogP contribution in [0.25, 0.3) is 10.2 Å². The molecule has 4 heterocycles. The smallest absolute Gasteiger partial charge is 0.355 e. The van der Waals surface area contributed by atoms with Gasteiger partial charge in [-0.25, -0.2) is 9.97 Å². The van der Waals surface area contributed by atoms with Crippen molar-refractivity contribution in [3.63, 3.8) is 0 Å². The molecule has 1 spiro atoms. The summed E-state index contributed by atoms with van der Waals surface area (Å²) < 4.78 is 38.5. The number of thiophene rings is 1. The van der Waals surface area contributed by atoms with E-state index in [1.54, 1.807) is 6.07 Å². The molecule has 5 rings (SSSR count). The van der Waals surface area contributed by atoms with Gasteiger partial charge in [-0.3, -0.25) is 4.90 Å². The number of anilines is 1. The van der Waals surface area contributed by atoms with Crippen LogP contribution in [0.4, 0.5) is 19.0 Å². The fraction of sp³-hybridized carbons (Fsp3) is 0.478. The largest absolute Gasteiger partial charge is 0.393 e. The Morgan fingerprint density at radius 1 is 1.00 bits per heavy atom. The molecule has 31 heavy (non-hydrogen) atoms. The lowest BCUT2D eigenvalue weighted by Gasteiger charge is -2.39. The average Bonchev–Trinajstić information content (AvgIpc) is 3.33. The van der Waals surface area contributed by atoms with Crippen LogP contribution in [0.1, 0.15) is 29.7 Å². The van der Waals surface area contributed by atoms with Crippen LogP contribution in [0, 0.1) is 5.41 Å². The number of alkyl halides is 3. The second kappa shape index (κ2) is 8.06. The molecule has 3 aromatic rings. The van der Waals surface area contributed by atoms with E-state index < -0.39 is 12.6 Å². The molecule has 0 unspecified atom stereocenters. The van der Waals surface area contributed by atoms with Crippen molar-refractivity contribution in [1.29, 1.82) is 0 Å². The number of benzene rings is 1. The van der Waals surface area contributed by atoms with Gasteiger partial charge in [0.1, 0.15) is 17.0 Å². The summed E-state index contributed by atoms with van der Waals surface area (Å²) in [5, 5.41) is 0.755. The normalized spacial score (nSPS) is 19.5. The van der Waals surface area contributed by atoms with Crippen LogP contribution in [0.5, 0.6) is 0 Å². The third kappa shape index (κ3) is 4.55. The first-order chi connectivity index (χ1) is 14.9. The minimum Gasteiger partial charge on any atom is -0.355 e. The van der Waals surface area contributed by atoms with Gasteiger partial charge >= 0.3 is 6.18 Å². The van der Waals surface area contributed by atoms with E-state index in [1.807, 2.05) is 6.07 Å². The Balaban J connectivity index is 1.27. The fourth-order valence-corrected chi connectivity index (χ4v) is 6.00. The van der Waals surface area contributed by atoms with Crippen molar-refractivity contribution in [2.45, 2.75) is 38.4 Å². The number of hydrogen-bond donors (Lipinski definition) is 0. The first-order valence-electron chi connectivity index (χ1n) is 10.7. The van der Waals surface area contributed by atoms with E-state index in [0.717, 1.165) is 74.5 Å². The molecule has 0 saturated carbocycles. The van der Waals surface area contributed by atoms with Crippen LogP contribution in [-0.2, 0) is 13.0 Å². The van der Waals surface area contributed by atoms with E-state index in [1.165, 1.54) is 11.9 Å². The van der Waals surface area contributed by atoms with E-state index in [9.17, 15) is 13.2 Å². The molecule has 2 aromatic heterocycles. The van der Waals surface area contributed by atoms with Gasteiger partial charge in [0.25, 0.3) is 0 Å². The van der Waals surface area contributed by atoms with Gasteiger partial charge in [-0.1, -0.05) is 30.3 Å². The molecule has 0 N–H and O–H groups in total. The maximum absolute atomic E-state index is 12.8. The Bertz CT molecular complexity index is 1040. The van der Waals surface area contributed by atoms with Gasteiger partial charge in [0.2, 0.25) is 0 Å². The van der Waals surface area contributed by atoms with Crippen LogP contribution in [0.2, 0.25) is 0 Å². The highest BCUT2D eigenvalue weighted by atomic mass is 32.1. The first-order valence-corrected chi connectivity index (χ1v) is 11.5. The highest BCUT2D eigenvalue weighted by Gasteiger charge is 2.41. The van der Waals surface area contributed by atoms with Crippen LogP contribution < -0.4 is 4.90 Å². The molecule has 1 aromatic carbocycles. The van der Waals surface area contributed by atoms with E-state index in [4.69, 9.17) is 0 Å². The van der Waals surface area contributed by atoms with Gasteiger partial charge in [-0.15, -0.1) is 11.3 Å². The molecule has 2 aliphatic heterocycles. The predicted octanol–water partition coefficient (Wildman–Crippen LogP) is 5.29. The second-order valence-electron chi connectivity index (χ2n) is 8.85. The van der Waals surface area contributed by atoms with E-state index in [0.29, 0.717) is 9.71 Å². The van der Waals surface area contributed by atoms with Crippen molar-refractivity contribution in [1.82, 2.24) is 14.9 Å². The van der Waals surface area contributed by atoms with Gasteiger partial charge in [-0.2, -0.15) is 13.2 Å². The third-order valence-corrected chi connectivity index (χ3v) is 7.68. The quantitative estimate of drug-likeness (QED) is 0.545. The van der Waals surface area contributed by atoms with E-state index >= 15 is 0 Å². The summed E-state index contributed by atoms with van der Waals surface area (Å²) in [6.07, 6.45) is -0.230. The zero-order valence-electron chi connectivity index (χ0n) is 17.2. The highest BCUT2D eigenvalue weighted by molar-refractivity contribution is 7.18. The summed E-state index contributed by atoms with van der Waals surface area (Å²) in [6.45, 7) is 4.97. The number of nitrogens with zero attached hydrogens (tertiary/aromatic N) is 4. The summed E-state index contributed by atoms with van der Waals surface area (Å²) in [5.74, 6) is 0.790. The van der Waals surface area contributed by atoms with Crippen molar-refractivity contribution in [3.05, 3.63) is 53.2 Å². The van der Waals surface area contributed by atoms with Crippen LogP contribution >= 0.6 is 11.3 Å². The number of hydrogen-bond acceptors (Lipinski definition) is 5. The van der Waals surface area contributed by atoms with Crippen molar-refractivity contribution in [2.24, 2.45) is 5.41 Å². The zero-order chi connectivity index (χ0) is 21.5. The van der Waals surface area contributed by atoms with Crippen molar-refractivity contribution in [3.8, 4) is 0 Å². The summed E-state index contributed by atoms with van der Waals surface area (Å²) in [4.78, 5) is 14.4. The van der Waals surface area contributed by atoms with E-state index in [2.05, 4.69) is 44.0 Å². The number of halogens is 3. The summed E-state index contributed by atoms with van der Waals surface area (Å²) in [5.41, 5.74) is 1.62. The molecule has 0 atom stereocenters. The average molecular weight is 447 g/mol. The summed E-state index contributed by atoms with van der Waals surface area (Å²) in [7, 11) is 0. The van der Waals surface area contributed by atoms with Gasteiger partial charge in [0, 0.05) is 24.5 Å². The molecule has 8 heteroatoms. The minimum absolute atomic E-state index is 0.273. The number of rotatable bonds is 4. The van der Waals surface area contributed by atoms with Crippen LogP contribution in [-0.4, -0.2) is 47.2 Å². The minimum atomic E-state index is -4.21. The molecule has 2 aliphatic rings. The Labute approximate surface area is 183 Å². The lowest BCUT2D eigenvalue weighted by atomic mass is 9.77. The predicted molar refractivity (Wildman–Crippen MR) is 117 cm³/mol. The SMILES string of the molecule is FC(F)(F)Cc1cc2c(N3CCC4(CCN(Cc5ccccc5)CC4)C3)ncnc2s1. The van der Waals surface area contributed by atoms with Gasteiger partial charge < -0.3 is 4.90 Å². The number of likely N-dealkylation sites (tertiary alicyclic amines) is 1. The molecule has 4 nitrogen and oxygen atoms in total.